The van der Waals surface area contributed by atoms with Gasteiger partial charge in [-0.3, -0.25) is 4.90 Å². The summed E-state index contributed by atoms with van der Waals surface area (Å²) in [7, 11) is 0. The van der Waals surface area contributed by atoms with Crippen LogP contribution in [0.2, 0.25) is 0 Å². The third-order valence-electron chi connectivity index (χ3n) is 3.05. The van der Waals surface area contributed by atoms with Crippen molar-refractivity contribution >= 4 is 21.4 Å². The van der Waals surface area contributed by atoms with Gasteiger partial charge < -0.3 is 5.11 Å². The molecule has 92 valence electrons. The second-order valence-corrected chi connectivity index (χ2v) is 5.46. The van der Waals surface area contributed by atoms with E-state index in [4.69, 9.17) is 5.11 Å². The van der Waals surface area contributed by atoms with Crippen LogP contribution in [0.3, 0.4) is 0 Å². The van der Waals surface area contributed by atoms with Crippen LogP contribution in [0.15, 0.2) is 29.6 Å². The third-order valence-corrected chi connectivity index (χ3v) is 4.06. The second kappa shape index (κ2) is 5.63. The molecule has 0 saturated heterocycles. The lowest BCUT2D eigenvalue weighted by Gasteiger charge is -2.25. The van der Waals surface area contributed by atoms with Crippen LogP contribution in [0.1, 0.15) is 19.4 Å². The van der Waals surface area contributed by atoms with Crippen molar-refractivity contribution in [1.82, 2.24) is 4.90 Å². The van der Waals surface area contributed by atoms with Crippen molar-refractivity contribution in [3.63, 3.8) is 0 Å². The Morgan fingerprint density at radius 3 is 2.76 bits per heavy atom. The largest absolute Gasteiger partial charge is 0.395 e. The predicted octanol–water partition coefficient (Wildman–Crippen LogP) is 3.10. The molecule has 17 heavy (non-hydrogen) atoms. The van der Waals surface area contributed by atoms with Crippen molar-refractivity contribution in [2.24, 2.45) is 0 Å². The number of rotatable bonds is 5. The number of thiophene rings is 1. The molecule has 0 radical (unpaired) electrons. The maximum Gasteiger partial charge on any atom is 0.0558 e. The zero-order valence-corrected chi connectivity index (χ0v) is 11.2. The second-order valence-electron chi connectivity index (χ2n) is 4.54. The summed E-state index contributed by atoms with van der Waals surface area (Å²) in [5.74, 6) is 0. The van der Waals surface area contributed by atoms with Gasteiger partial charge in [-0.05, 0) is 36.2 Å². The van der Waals surface area contributed by atoms with Gasteiger partial charge in [-0.25, -0.2) is 0 Å². The van der Waals surface area contributed by atoms with E-state index in [0.717, 1.165) is 13.1 Å². The quantitative estimate of drug-likeness (QED) is 0.880. The zero-order chi connectivity index (χ0) is 12.3. The van der Waals surface area contributed by atoms with E-state index in [1.165, 1.54) is 15.6 Å². The normalized spacial score (nSPS) is 11.8. The summed E-state index contributed by atoms with van der Waals surface area (Å²) in [5, 5.41) is 12.7. The van der Waals surface area contributed by atoms with Crippen molar-refractivity contribution in [2.45, 2.75) is 26.4 Å². The Bertz CT molecular complexity index is 478. The van der Waals surface area contributed by atoms with Gasteiger partial charge in [0.05, 0.1) is 6.61 Å². The molecule has 0 amide bonds. The molecule has 2 nitrogen and oxygen atoms in total. The van der Waals surface area contributed by atoms with Crippen molar-refractivity contribution in [3.05, 3.63) is 35.2 Å². The topological polar surface area (TPSA) is 23.5 Å². The highest BCUT2D eigenvalue weighted by Gasteiger charge is 2.12. The first kappa shape index (κ1) is 12.6. The first-order valence-electron chi connectivity index (χ1n) is 6.02. The van der Waals surface area contributed by atoms with Crippen LogP contribution >= 0.6 is 11.3 Å². The van der Waals surface area contributed by atoms with Gasteiger partial charge in [0.15, 0.2) is 0 Å². The molecule has 0 aliphatic carbocycles. The molecule has 1 aromatic heterocycles. The van der Waals surface area contributed by atoms with Gasteiger partial charge in [-0.15, -0.1) is 11.3 Å². The first-order valence-corrected chi connectivity index (χ1v) is 6.90. The van der Waals surface area contributed by atoms with Gasteiger partial charge in [0, 0.05) is 23.8 Å². The molecule has 0 atom stereocenters. The Kier molecular flexibility index (Phi) is 4.15. The molecule has 0 aliphatic heterocycles. The Balaban J connectivity index is 2.22. The van der Waals surface area contributed by atoms with Crippen molar-refractivity contribution in [1.29, 1.82) is 0 Å². The van der Waals surface area contributed by atoms with Crippen LogP contribution < -0.4 is 0 Å². The Morgan fingerprint density at radius 2 is 2.06 bits per heavy atom. The summed E-state index contributed by atoms with van der Waals surface area (Å²) < 4.78 is 1.34. The minimum Gasteiger partial charge on any atom is -0.395 e. The third kappa shape index (κ3) is 2.86. The Hall–Kier alpha value is -0.900. The van der Waals surface area contributed by atoms with Gasteiger partial charge >= 0.3 is 0 Å². The Labute approximate surface area is 106 Å². The minimum atomic E-state index is 0.222. The number of aliphatic hydroxyl groups excluding tert-OH is 1. The molecule has 3 heteroatoms. The molecular formula is C14H19NOS. The van der Waals surface area contributed by atoms with E-state index >= 15 is 0 Å². The zero-order valence-electron chi connectivity index (χ0n) is 10.4. The first-order chi connectivity index (χ1) is 8.22. The van der Waals surface area contributed by atoms with Crippen LogP contribution in [0, 0.1) is 0 Å². The standard InChI is InChI=1S/C14H19NOS/c1-11(2)15(7-8-16)9-12-10-17-14-6-4-3-5-13(12)14/h3-6,10-11,16H,7-9H2,1-2H3. The summed E-state index contributed by atoms with van der Waals surface area (Å²) >= 11 is 1.80. The summed E-state index contributed by atoms with van der Waals surface area (Å²) in [6.07, 6.45) is 0. The van der Waals surface area contributed by atoms with E-state index in [1.54, 1.807) is 11.3 Å². The monoisotopic (exact) mass is 249 g/mol. The fourth-order valence-electron chi connectivity index (χ4n) is 2.02. The average Bonchev–Trinajstić information content (AvgIpc) is 2.72. The van der Waals surface area contributed by atoms with E-state index < -0.39 is 0 Å². The van der Waals surface area contributed by atoms with Crippen LogP contribution in [0.25, 0.3) is 10.1 Å². The smallest absolute Gasteiger partial charge is 0.0558 e. The molecule has 1 N–H and O–H groups in total. The van der Waals surface area contributed by atoms with E-state index in [2.05, 4.69) is 48.4 Å². The van der Waals surface area contributed by atoms with Gasteiger partial charge in [0.25, 0.3) is 0 Å². The highest BCUT2D eigenvalue weighted by molar-refractivity contribution is 7.17. The summed E-state index contributed by atoms with van der Waals surface area (Å²) in [6.45, 7) is 6.22. The molecule has 0 fully saturated rings. The van der Waals surface area contributed by atoms with Gasteiger partial charge in [-0.1, -0.05) is 18.2 Å². The highest BCUT2D eigenvalue weighted by Crippen LogP contribution is 2.26. The number of nitrogens with zero attached hydrogens (tertiary/aromatic N) is 1. The molecule has 0 saturated carbocycles. The number of hydrogen-bond acceptors (Lipinski definition) is 3. The SMILES string of the molecule is CC(C)N(CCO)Cc1csc2ccccc12. The van der Waals surface area contributed by atoms with E-state index in [0.29, 0.717) is 6.04 Å². The van der Waals surface area contributed by atoms with E-state index in [-0.39, 0.29) is 6.61 Å². The van der Waals surface area contributed by atoms with E-state index in [1.807, 2.05) is 0 Å². The molecule has 0 spiro atoms. The Morgan fingerprint density at radius 1 is 1.29 bits per heavy atom. The lowest BCUT2D eigenvalue weighted by molar-refractivity contribution is 0.160. The molecule has 2 aromatic rings. The summed E-state index contributed by atoms with van der Waals surface area (Å²) in [5.41, 5.74) is 1.37. The molecule has 2 rings (SSSR count). The fraction of sp³-hybridized carbons (Fsp3) is 0.429. The lowest BCUT2D eigenvalue weighted by Crippen LogP contribution is -2.32. The predicted molar refractivity (Wildman–Crippen MR) is 74.5 cm³/mol. The number of hydrogen-bond donors (Lipinski definition) is 1. The summed E-state index contributed by atoms with van der Waals surface area (Å²) in [4.78, 5) is 2.30. The minimum absolute atomic E-state index is 0.222. The molecule has 0 bridgehead atoms. The van der Waals surface area contributed by atoms with E-state index in [9.17, 15) is 0 Å². The molecule has 1 heterocycles. The van der Waals surface area contributed by atoms with Gasteiger partial charge in [0.1, 0.15) is 0 Å². The van der Waals surface area contributed by atoms with Crippen LogP contribution in [0.5, 0.6) is 0 Å². The fourth-order valence-corrected chi connectivity index (χ4v) is 2.98. The summed E-state index contributed by atoms with van der Waals surface area (Å²) in [6, 6.07) is 8.97. The van der Waals surface area contributed by atoms with Crippen LogP contribution in [-0.2, 0) is 6.54 Å². The number of fused-ring (bicyclic) bond motifs is 1. The molecule has 0 unspecified atom stereocenters. The van der Waals surface area contributed by atoms with Crippen molar-refractivity contribution < 1.29 is 5.11 Å². The van der Waals surface area contributed by atoms with Crippen molar-refractivity contribution in [2.75, 3.05) is 13.2 Å². The number of aliphatic hydroxyl groups is 1. The molecule has 1 aromatic carbocycles. The van der Waals surface area contributed by atoms with Gasteiger partial charge in [-0.2, -0.15) is 0 Å². The van der Waals surface area contributed by atoms with Crippen LogP contribution in [-0.4, -0.2) is 29.2 Å². The molecular weight excluding hydrogens is 230 g/mol. The lowest BCUT2D eigenvalue weighted by atomic mass is 10.1. The van der Waals surface area contributed by atoms with Gasteiger partial charge in [0.2, 0.25) is 0 Å². The average molecular weight is 249 g/mol. The van der Waals surface area contributed by atoms with Crippen LogP contribution in [0.4, 0.5) is 0 Å². The van der Waals surface area contributed by atoms with Crippen molar-refractivity contribution in [3.8, 4) is 0 Å². The maximum atomic E-state index is 9.09. The highest BCUT2D eigenvalue weighted by atomic mass is 32.1. The molecule has 0 aliphatic rings. The number of benzene rings is 1. The maximum absolute atomic E-state index is 9.09.